The van der Waals surface area contributed by atoms with E-state index >= 15 is 0 Å². The number of benzene rings is 1. The minimum Gasteiger partial charge on any atom is -0.497 e. The monoisotopic (exact) mass is 360 g/mol. The van der Waals surface area contributed by atoms with Gasteiger partial charge in [0.15, 0.2) is 0 Å². The Bertz CT molecular complexity index is 642. The van der Waals surface area contributed by atoms with Crippen LogP contribution in [0.25, 0.3) is 0 Å². The van der Waals surface area contributed by atoms with Crippen LogP contribution < -0.4 is 15.4 Å². The van der Waals surface area contributed by atoms with Crippen LogP contribution in [0.5, 0.6) is 5.75 Å². The zero-order valence-electron chi connectivity index (χ0n) is 15.5. The lowest BCUT2D eigenvalue weighted by molar-refractivity contribution is -0.139. The molecule has 142 valence electrons. The van der Waals surface area contributed by atoms with Crippen molar-refractivity contribution >= 4 is 11.8 Å². The summed E-state index contributed by atoms with van der Waals surface area (Å²) < 4.78 is 10.6. The minimum absolute atomic E-state index is 0.209. The number of carbonyl (C=O) groups excluding carboxylic acids is 2. The quantitative estimate of drug-likeness (QED) is 0.552. The van der Waals surface area contributed by atoms with Gasteiger partial charge < -0.3 is 20.1 Å². The summed E-state index contributed by atoms with van der Waals surface area (Å²) in [6.45, 7) is 0.697. The summed E-state index contributed by atoms with van der Waals surface area (Å²) in [6.07, 6.45) is 7.37. The molecule has 0 bridgehead atoms. The molecule has 26 heavy (non-hydrogen) atoms. The van der Waals surface area contributed by atoms with E-state index in [0.29, 0.717) is 12.3 Å². The Morgan fingerprint density at radius 2 is 1.96 bits per heavy atom. The average Bonchev–Trinajstić information content (AvgIpc) is 2.69. The van der Waals surface area contributed by atoms with Gasteiger partial charge in [0.05, 0.1) is 13.2 Å². The van der Waals surface area contributed by atoms with Crippen LogP contribution in [-0.4, -0.2) is 39.1 Å². The summed E-state index contributed by atoms with van der Waals surface area (Å²) in [5.41, 5.74) is 2.24. The second kappa shape index (κ2) is 10.6. The normalized spacial score (nSPS) is 14.9. The van der Waals surface area contributed by atoms with Gasteiger partial charge in [0.25, 0.3) is 0 Å². The fourth-order valence-corrected chi connectivity index (χ4v) is 2.99. The lowest BCUT2D eigenvalue weighted by atomic mass is 9.97. The summed E-state index contributed by atoms with van der Waals surface area (Å²) in [7, 11) is 3.16. The highest BCUT2D eigenvalue weighted by Gasteiger charge is 2.17. The predicted octanol–water partition coefficient (Wildman–Crippen LogP) is 2.51. The Labute approximate surface area is 154 Å². The van der Waals surface area contributed by atoms with Gasteiger partial charge in [0, 0.05) is 20.2 Å². The topological polar surface area (TPSA) is 76.7 Å². The largest absolute Gasteiger partial charge is 0.497 e. The molecule has 1 aromatic carbocycles. The first-order valence-electron chi connectivity index (χ1n) is 9.04. The van der Waals surface area contributed by atoms with E-state index in [9.17, 15) is 9.59 Å². The maximum Gasteiger partial charge on any atom is 0.309 e. The van der Waals surface area contributed by atoms with Crippen molar-refractivity contribution in [2.75, 3.05) is 27.3 Å². The molecular weight excluding hydrogens is 332 g/mol. The van der Waals surface area contributed by atoms with Crippen molar-refractivity contribution in [3.05, 3.63) is 41.5 Å². The first-order valence-corrected chi connectivity index (χ1v) is 9.04. The van der Waals surface area contributed by atoms with Gasteiger partial charge in [-0.3, -0.25) is 9.59 Å². The first kappa shape index (κ1) is 20.0. The maximum atomic E-state index is 12.0. The average molecular weight is 360 g/mol. The number of nitrogens with one attached hydrogen (secondary N) is 2. The van der Waals surface area contributed by atoms with E-state index in [1.54, 1.807) is 14.2 Å². The number of carbonyl (C=O) groups is 2. The van der Waals surface area contributed by atoms with E-state index in [4.69, 9.17) is 9.47 Å². The third kappa shape index (κ3) is 6.19. The van der Waals surface area contributed by atoms with Crippen LogP contribution in [0.2, 0.25) is 0 Å². The van der Waals surface area contributed by atoms with Crippen molar-refractivity contribution in [2.45, 2.75) is 38.2 Å². The lowest BCUT2D eigenvalue weighted by Gasteiger charge is -2.17. The van der Waals surface area contributed by atoms with Crippen LogP contribution in [0.4, 0.5) is 0 Å². The van der Waals surface area contributed by atoms with E-state index in [2.05, 4.69) is 16.7 Å². The van der Waals surface area contributed by atoms with Crippen molar-refractivity contribution in [1.29, 1.82) is 0 Å². The van der Waals surface area contributed by atoms with Crippen LogP contribution in [0.3, 0.4) is 0 Å². The van der Waals surface area contributed by atoms with Crippen LogP contribution in [0.1, 0.15) is 43.8 Å². The highest BCUT2D eigenvalue weighted by Crippen LogP contribution is 2.21. The van der Waals surface area contributed by atoms with Gasteiger partial charge >= 0.3 is 11.8 Å². The molecule has 0 unspecified atom stereocenters. The van der Waals surface area contributed by atoms with E-state index in [-0.39, 0.29) is 12.6 Å². The molecule has 0 aromatic heterocycles. The molecule has 0 saturated heterocycles. The summed E-state index contributed by atoms with van der Waals surface area (Å²) in [4.78, 5) is 23.9. The molecule has 1 aliphatic rings. The summed E-state index contributed by atoms with van der Waals surface area (Å²) >= 11 is 0. The molecule has 1 aliphatic carbocycles. The van der Waals surface area contributed by atoms with Crippen molar-refractivity contribution in [3.8, 4) is 5.75 Å². The Hall–Kier alpha value is -2.34. The molecule has 2 N–H and O–H groups in total. The third-order valence-corrected chi connectivity index (χ3v) is 4.52. The third-order valence-electron chi connectivity index (χ3n) is 4.52. The van der Waals surface area contributed by atoms with Crippen LogP contribution in [0, 0.1) is 0 Å². The molecule has 6 nitrogen and oxygen atoms in total. The number of rotatable bonds is 8. The molecule has 0 radical (unpaired) electrons. The highest BCUT2D eigenvalue weighted by atomic mass is 16.5. The smallest absolute Gasteiger partial charge is 0.309 e. The van der Waals surface area contributed by atoms with Gasteiger partial charge in [-0.25, -0.2) is 0 Å². The van der Waals surface area contributed by atoms with E-state index in [1.165, 1.54) is 18.4 Å². The maximum absolute atomic E-state index is 12.0. The number of hydrogen-bond donors (Lipinski definition) is 2. The second-order valence-electron chi connectivity index (χ2n) is 6.33. The van der Waals surface area contributed by atoms with E-state index in [0.717, 1.165) is 24.8 Å². The molecule has 6 heteroatoms. The van der Waals surface area contributed by atoms with E-state index in [1.807, 2.05) is 24.3 Å². The number of hydrogen-bond acceptors (Lipinski definition) is 4. The summed E-state index contributed by atoms with van der Waals surface area (Å²) in [5.74, 6) is -0.542. The predicted molar refractivity (Wildman–Crippen MR) is 99.9 cm³/mol. The number of methoxy groups -OCH3 is 2. The summed E-state index contributed by atoms with van der Waals surface area (Å²) in [6, 6.07) is 7.43. The van der Waals surface area contributed by atoms with Gasteiger partial charge in [-0.15, -0.1) is 0 Å². The first-order chi connectivity index (χ1) is 12.6. The van der Waals surface area contributed by atoms with Crippen LogP contribution in [0.15, 0.2) is 35.9 Å². The molecule has 2 rings (SSSR count). The molecular formula is C20H28N2O4. The van der Waals surface area contributed by atoms with Gasteiger partial charge in [0.2, 0.25) is 0 Å². The zero-order chi connectivity index (χ0) is 18.8. The zero-order valence-corrected chi connectivity index (χ0v) is 15.5. The number of ether oxygens (including phenoxy) is 2. The molecule has 0 saturated carbocycles. The van der Waals surface area contributed by atoms with Gasteiger partial charge in [-0.1, -0.05) is 23.8 Å². The van der Waals surface area contributed by atoms with Crippen molar-refractivity contribution in [1.82, 2.24) is 10.6 Å². The Morgan fingerprint density at radius 1 is 1.15 bits per heavy atom. The van der Waals surface area contributed by atoms with Gasteiger partial charge in [-0.2, -0.15) is 0 Å². The van der Waals surface area contributed by atoms with Crippen LogP contribution >= 0.6 is 0 Å². The van der Waals surface area contributed by atoms with Crippen LogP contribution in [-0.2, 0) is 14.3 Å². The molecule has 0 spiro atoms. The fourth-order valence-electron chi connectivity index (χ4n) is 2.99. The molecule has 0 heterocycles. The lowest BCUT2D eigenvalue weighted by Crippen LogP contribution is -2.42. The fraction of sp³-hybridized carbons (Fsp3) is 0.500. The SMILES string of the molecule is COc1cccc([C@@H](CNC(=O)C(=O)NCCC2=CCCCC2)OC)c1. The van der Waals surface area contributed by atoms with Crippen molar-refractivity contribution < 1.29 is 19.1 Å². The number of allylic oxidation sites excluding steroid dienone is 1. The second-order valence-corrected chi connectivity index (χ2v) is 6.33. The van der Waals surface area contributed by atoms with E-state index < -0.39 is 11.8 Å². The van der Waals surface area contributed by atoms with Crippen molar-refractivity contribution in [2.24, 2.45) is 0 Å². The Balaban J connectivity index is 1.76. The standard InChI is InChI=1S/C20H28N2O4/c1-25-17-10-6-9-16(13-17)18(26-2)14-22-20(24)19(23)21-12-11-15-7-4-3-5-8-15/h6-7,9-10,13,18H,3-5,8,11-12,14H2,1-2H3,(H,21,23)(H,22,24)/t18-/m1/s1. The molecule has 2 amide bonds. The van der Waals surface area contributed by atoms with Gasteiger partial charge in [-0.05, 0) is 49.8 Å². The molecule has 1 atom stereocenters. The van der Waals surface area contributed by atoms with Crippen molar-refractivity contribution in [3.63, 3.8) is 0 Å². The highest BCUT2D eigenvalue weighted by molar-refractivity contribution is 6.35. The minimum atomic E-state index is -0.646. The molecule has 0 fully saturated rings. The Morgan fingerprint density at radius 3 is 2.65 bits per heavy atom. The van der Waals surface area contributed by atoms with Gasteiger partial charge in [0.1, 0.15) is 5.75 Å². The summed E-state index contributed by atoms with van der Waals surface area (Å²) in [5, 5.41) is 5.30. The molecule has 1 aromatic rings. The number of amides is 2. The molecule has 0 aliphatic heterocycles. The Kier molecular flexibility index (Phi) is 8.15.